The van der Waals surface area contributed by atoms with Gasteiger partial charge >= 0.3 is 0 Å². The lowest BCUT2D eigenvalue weighted by molar-refractivity contribution is -0.135. The Kier molecular flexibility index (Phi) is 2.68. The lowest BCUT2D eigenvalue weighted by Crippen LogP contribution is -2.41. The number of hydrogen-bond donors (Lipinski definition) is 0. The Hall–Kier alpha value is -0.530. The first-order valence-electron chi connectivity index (χ1n) is 5.47. The highest BCUT2D eigenvalue weighted by atomic mass is 16.2. The number of rotatable bonds is 2. The fourth-order valence-corrected chi connectivity index (χ4v) is 2.93. The van der Waals surface area contributed by atoms with E-state index < -0.39 is 0 Å². The molecule has 1 unspecified atom stereocenters. The lowest BCUT2D eigenvalue weighted by Gasteiger charge is -2.33. The fraction of sp³-hybridized carbons (Fsp3) is 0.917. The van der Waals surface area contributed by atoms with Crippen LogP contribution in [0.2, 0.25) is 0 Å². The van der Waals surface area contributed by atoms with Gasteiger partial charge in [0.2, 0.25) is 5.91 Å². The fourth-order valence-electron chi connectivity index (χ4n) is 2.93. The Labute approximate surface area is 87.7 Å². The normalized spacial score (nSPS) is 31.6. The number of carbonyl (C=O) groups is 1. The van der Waals surface area contributed by atoms with Crippen LogP contribution in [0.4, 0.5) is 0 Å². The van der Waals surface area contributed by atoms with Crippen LogP contribution in [0.5, 0.6) is 0 Å². The third-order valence-corrected chi connectivity index (χ3v) is 3.36. The maximum Gasteiger partial charge on any atom is 0.228 e. The van der Waals surface area contributed by atoms with Crippen molar-refractivity contribution < 1.29 is 4.79 Å². The van der Waals surface area contributed by atoms with Crippen LogP contribution in [-0.4, -0.2) is 23.4 Å². The molecule has 1 heterocycles. The molecule has 1 saturated heterocycles. The van der Waals surface area contributed by atoms with Crippen LogP contribution in [0, 0.1) is 11.3 Å². The largest absolute Gasteiger partial charge is 0.340 e. The minimum atomic E-state index is -0.168. The Morgan fingerprint density at radius 3 is 2.14 bits per heavy atom. The van der Waals surface area contributed by atoms with Gasteiger partial charge in [0.05, 0.1) is 0 Å². The molecule has 0 radical (unpaired) electrons. The molecule has 2 heteroatoms. The lowest BCUT2D eigenvalue weighted by atomic mass is 9.80. The van der Waals surface area contributed by atoms with Gasteiger partial charge in [-0.05, 0) is 25.7 Å². The molecule has 0 aromatic rings. The van der Waals surface area contributed by atoms with Crippen molar-refractivity contribution in [2.45, 2.75) is 53.0 Å². The molecule has 0 N–H and O–H groups in total. The van der Waals surface area contributed by atoms with E-state index >= 15 is 0 Å². The van der Waals surface area contributed by atoms with E-state index in [-0.39, 0.29) is 11.0 Å². The van der Waals surface area contributed by atoms with Crippen LogP contribution in [0.15, 0.2) is 0 Å². The van der Waals surface area contributed by atoms with E-state index in [2.05, 4.69) is 34.6 Å². The number of nitrogens with zero attached hydrogens (tertiary/aromatic N) is 1. The van der Waals surface area contributed by atoms with Gasteiger partial charge in [-0.1, -0.05) is 27.7 Å². The maximum atomic E-state index is 11.9. The Morgan fingerprint density at radius 2 is 1.86 bits per heavy atom. The van der Waals surface area contributed by atoms with Crippen LogP contribution >= 0.6 is 0 Å². The molecule has 0 aliphatic carbocycles. The standard InChI is InChI=1S/C12H23NO/c1-9(2)7-12(5)8-11(3,4)10(14)13(12)6/h9H,7-8H2,1-6H3. The van der Waals surface area contributed by atoms with Gasteiger partial charge in [0.25, 0.3) is 0 Å². The Bertz CT molecular complexity index is 245. The molecule has 1 fully saturated rings. The van der Waals surface area contributed by atoms with Crippen LogP contribution in [-0.2, 0) is 4.79 Å². The summed E-state index contributed by atoms with van der Waals surface area (Å²) >= 11 is 0. The van der Waals surface area contributed by atoms with Crippen molar-refractivity contribution in [1.82, 2.24) is 4.90 Å². The van der Waals surface area contributed by atoms with Crippen LogP contribution in [0.25, 0.3) is 0 Å². The van der Waals surface area contributed by atoms with E-state index in [1.165, 1.54) is 0 Å². The molecule has 0 bridgehead atoms. The molecule has 14 heavy (non-hydrogen) atoms. The number of carbonyl (C=O) groups excluding carboxylic acids is 1. The molecule has 1 rings (SSSR count). The predicted molar refractivity (Wildman–Crippen MR) is 59.0 cm³/mol. The quantitative estimate of drug-likeness (QED) is 0.666. The number of hydrogen-bond acceptors (Lipinski definition) is 1. The van der Waals surface area contributed by atoms with Crippen molar-refractivity contribution in [1.29, 1.82) is 0 Å². The third kappa shape index (κ3) is 1.79. The minimum absolute atomic E-state index is 0.0642. The van der Waals surface area contributed by atoms with Gasteiger partial charge in [-0.3, -0.25) is 4.79 Å². The van der Waals surface area contributed by atoms with Gasteiger partial charge in [-0.25, -0.2) is 0 Å². The smallest absolute Gasteiger partial charge is 0.228 e. The summed E-state index contributed by atoms with van der Waals surface area (Å²) in [7, 11) is 1.94. The molecule has 0 spiro atoms. The predicted octanol–water partition coefficient (Wildman–Crippen LogP) is 2.68. The van der Waals surface area contributed by atoms with Crippen molar-refractivity contribution in [2.24, 2.45) is 11.3 Å². The first kappa shape index (κ1) is 11.5. The second-order valence-electron chi connectivity index (χ2n) is 6.02. The zero-order valence-corrected chi connectivity index (χ0v) is 10.3. The first-order chi connectivity index (χ1) is 6.19. The summed E-state index contributed by atoms with van der Waals surface area (Å²) < 4.78 is 0. The van der Waals surface area contributed by atoms with Crippen molar-refractivity contribution in [3.63, 3.8) is 0 Å². The summed E-state index contributed by atoms with van der Waals surface area (Å²) in [5, 5.41) is 0. The topological polar surface area (TPSA) is 20.3 Å². The van der Waals surface area contributed by atoms with Crippen LogP contribution in [0.1, 0.15) is 47.5 Å². The summed E-state index contributed by atoms with van der Waals surface area (Å²) in [5.74, 6) is 0.935. The van der Waals surface area contributed by atoms with E-state index in [4.69, 9.17) is 0 Å². The van der Waals surface area contributed by atoms with E-state index in [0.29, 0.717) is 11.8 Å². The highest BCUT2D eigenvalue weighted by Gasteiger charge is 2.50. The molecule has 0 aromatic carbocycles. The highest BCUT2D eigenvalue weighted by Crippen LogP contribution is 2.44. The van der Waals surface area contributed by atoms with Gasteiger partial charge in [-0.2, -0.15) is 0 Å². The van der Waals surface area contributed by atoms with Crippen LogP contribution in [0.3, 0.4) is 0 Å². The third-order valence-electron chi connectivity index (χ3n) is 3.36. The Morgan fingerprint density at radius 1 is 1.36 bits per heavy atom. The zero-order valence-electron chi connectivity index (χ0n) is 10.3. The van der Waals surface area contributed by atoms with E-state index in [1.807, 2.05) is 11.9 Å². The van der Waals surface area contributed by atoms with Gasteiger partial charge < -0.3 is 4.90 Å². The molecule has 1 atom stereocenters. The second-order valence-corrected chi connectivity index (χ2v) is 6.02. The van der Waals surface area contributed by atoms with Crippen molar-refractivity contribution in [2.75, 3.05) is 7.05 Å². The van der Waals surface area contributed by atoms with Gasteiger partial charge in [0, 0.05) is 18.0 Å². The van der Waals surface area contributed by atoms with Crippen molar-refractivity contribution >= 4 is 5.91 Å². The molecule has 82 valence electrons. The monoisotopic (exact) mass is 197 g/mol. The molecule has 1 aliphatic rings. The van der Waals surface area contributed by atoms with Crippen LogP contribution < -0.4 is 0 Å². The Balaban J connectivity index is 2.88. The number of likely N-dealkylation sites (tertiary alicyclic amines) is 1. The zero-order chi connectivity index (χ0) is 11.1. The number of amides is 1. The molecule has 2 nitrogen and oxygen atoms in total. The SMILES string of the molecule is CC(C)CC1(C)CC(C)(C)C(=O)N1C. The van der Waals surface area contributed by atoms with E-state index in [9.17, 15) is 4.79 Å². The summed E-state index contributed by atoms with van der Waals surface area (Å²) in [6.45, 7) is 10.7. The van der Waals surface area contributed by atoms with Gasteiger partial charge in [0.1, 0.15) is 0 Å². The average Bonchev–Trinajstić information content (AvgIpc) is 2.10. The summed E-state index contributed by atoms with van der Waals surface area (Å²) in [4.78, 5) is 13.9. The molecular formula is C12H23NO. The summed E-state index contributed by atoms with van der Waals surface area (Å²) in [6, 6.07) is 0. The van der Waals surface area contributed by atoms with E-state index in [0.717, 1.165) is 12.8 Å². The minimum Gasteiger partial charge on any atom is -0.340 e. The molecule has 0 aromatic heterocycles. The van der Waals surface area contributed by atoms with Gasteiger partial charge in [0.15, 0.2) is 0 Å². The maximum absolute atomic E-state index is 11.9. The molecule has 0 saturated carbocycles. The van der Waals surface area contributed by atoms with Crippen molar-refractivity contribution in [3.05, 3.63) is 0 Å². The first-order valence-corrected chi connectivity index (χ1v) is 5.47. The highest BCUT2D eigenvalue weighted by molar-refractivity contribution is 5.85. The van der Waals surface area contributed by atoms with Gasteiger partial charge in [-0.15, -0.1) is 0 Å². The molecular weight excluding hydrogens is 174 g/mol. The molecule has 1 aliphatic heterocycles. The summed E-state index contributed by atoms with van der Waals surface area (Å²) in [5.41, 5.74) is -0.104. The molecule has 1 amide bonds. The average molecular weight is 197 g/mol. The van der Waals surface area contributed by atoms with E-state index in [1.54, 1.807) is 0 Å². The second kappa shape index (κ2) is 3.25. The van der Waals surface area contributed by atoms with Crippen molar-refractivity contribution in [3.8, 4) is 0 Å². The summed E-state index contributed by atoms with van der Waals surface area (Å²) in [6.07, 6.45) is 2.08.